The van der Waals surface area contributed by atoms with Gasteiger partial charge in [-0.25, -0.2) is 8.42 Å². The fourth-order valence-electron chi connectivity index (χ4n) is 1.51. The lowest BCUT2D eigenvalue weighted by molar-refractivity contribution is 0.601. The zero-order valence-corrected chi connectivity index (χ0v) is 13.5. The number of nitrogens with one attached hydrogen (secondary N) is 1. The lowest BCUT2D eigenvalue weighted by Crippen LogP contribution is -2.13. The Bertz CT molecular complexity index is 742. The minimum Gasteiger partial charge on any atom is -0.279 e. The van der Waals surface area contributed by atoms with Gasteiger partial charge in [-0.3, -0.25) is 4.72 Å². The van der Waals surface area contributed by atoms with Gasteiger partial charge in [0.1, 0.15) is 4.90 Å². The maximum Gasteiger partial charge on any atom is 0.263 e. The van der Waals surface area contributed by atoms with Gasteiger partial charge in [0.2, 0.25) is 0 Å². The second-order valence-electron chi connectivity index (χ2n) is 3.82. The molecular formula is C12H7Cl4NO2S. The summed E-state index contributed by atoms with van der Waals surface area (Å²) in [7, 11) is -3.88. The molecule has 1 N–H and O–H groups in total. The first-order valence-electron chi connectivity index (χ1n) is 5.22. The van der Waals surface area contributed by atoms with Crippen LogP contribution in [0.25, 0.3) is 0 Å². The average Bonchev–Trinajstić information content (AvgIpc) is 2.30. The molecule has 0 aliphatic heterocycles. The summed E-state index contributed by atoms with van der Waals surface area (Å²) in [6.07, 6.45) is 0. The molecule has 0 heterocycles. The van der Waals surface area contributed by atoms with E-state index in [1.807, 2.05) is 0 Å². The van der Waals surface area contributed by atoms with E-state index < -0.39 is 10.0 Å². The zero-order chi connectivity index (χ0) is 14.9. The lowest BCUT2D eigenvalue weighted by Gasteiger charge is -2.10. The Morgan fingerprint density at radius 2 is 1.50 bits per heavy atom. The van der Waals surface area contributed by atoms with E-state index in [1.54, 1.807) is 0 Å². The van der Waals surface area contributed by atoms with E-state index in [0.717, 1.165) is 0 Å². The summed E-state index contributed by atoms with van der Waals surface area (Å²) in [4.78, 5) is -0.122. The molecule has 106 valence electrons. The van der Waals surface area contributed by atoms with Gasteiger partial charge >= 0.3 is 0 Å². The fourth-order valence-corrected chi connectivity index (χ4v) is 3.84. The molecule has 0 atom stereocenters. The normalized spacial score (nSPS) is 11.4. The number of anilines is 1. The van der Waals surface area contributed by atoms with E-state index in [0.29, 0.717) is 10.0 Å². The van der Waals surface area contributed by atoms with E-state index in [-0.39, 0.29) is 20.6 Å². The second kappa shape index (κ2) is 6.00. The fraction of sp³-hybridized carbons (Fsp3) is 0. The predicted molar refractivity (Wildman–Crippen MR) is 83.7 cm³/mol. The lowest BCUT2D eigenvalue weighted by atomic mass is 10.3. The topological polar surface area (TPSA) is 46.2 Å². The van der Waals surface area contributed by atoms with Crippen molar-refractivity contribution in [3.8, 4) is 0 Å². The molecule has 2 aromatic carbocycles. The molecule has 0 aromatic heterocycles. The van der Waals surface area contributed by atoms with Crippen LogP contribution < -0.4 is 4.72 Å². The van der Waals surface area contributed by atoms with Crippen molar-refractivity contribution < 1.29 is 8.42 Å². The van der Waals surface area contributed by atoms with E-state index in [2.05, 4.69) is 4.72 Å². The number of rotatable bonds is 3. The summed E-state index contributed by atoms with van der Waals surface area (Å²) in [5, 5.41) is 0.730. The highest BCUT2D eigenvalue weighted by atomic mass is 35.5. The van der Waals surface area contributed by atoms with Crippen LogP contribution in [0.2, 0.25) is 20.1 Å². The summed E-state index contributed by atoms with van der Waals surface area (Å²) in [6, 6.07) is 8.70. The molecule has 2 rings (SSSR count). The third-order valence-corrected chi connectivity index (χ3v) is 5.11. The molecule has 8 heteroatoms. The maximum atomic E-state index is 12.3. The molecule has 0 spiro atoms. The van der Waals surface area contributed by atoms with Crippen molar-refractivity contribution in [3.05, 3.63) is 56.5 Å². The molecule has 0 saturated heterocycles. The van der Waals surface area contributed by atoms with Gasteiger partial charge in [0, 0.05) is 10.0 Å². The highest BCUT2D eigenvalue weighted by Gasteiger charge is 2.19. The predicted octanol–water partition coefficient (Wildman–Crippen LogP) is 5.10. The first-order chi connectivity index (χ1) is 9.29. The van der Waals surface area contributed by atoms with Crippen LogP contribution in [0.3, 0.4) is 0 Å². The van der Waals surface area contributed by atoms with Crippen LogP contribution in [-0.4, -0.2) is 8.42 Å². The Morgan fingerprint density at radius 3 is 2.10 bits per heavy atom. The van der Waals surface area contributed by atoms with Crippen molar-refractivity contribution in [2.75, 3.05) is 4.72 Å². The Labute approximate surface area is 136 Å². The van der Waals surface area contributed by atoms with Gasteiger partial charge in [-0.15, -0.1) is 0 Å². The molecule has 0 saturated carbocycles. The van der Waals surface area contributed by atoms with Crippen LogP contribution in [0.1, 0.15) is 0 Å². The Morgan fingerprint density at radius 1 is 0.900 bits per heavy atom. The average molecular weight is 371 g/mol. The number of sulfonamides is 1. The van der Waals surface area contributed by atoms with Crippen molar-refractivity contribution in [3.63, 3.8) is 0 Å². The maximum absolute atomic E-state index is 12.3. The van der Waals surface area contributed by atoms with Gasteiger partial charge in [-0.2, -0.15) is 0 Å². The van der Waals surface area contributed by atoms with Crippen molar-refractivity contribution in [2.24, 2.45) is 0 Å². The van der Waals surface area contributed by atoms with Crippen LogP contribution in [0.4, 0.5) is 5.69 Å². The number of hydrogen-bond donors (Lipinski definition) is 1. The van der Waals surface area contributed by atoms with Gasteiger partial charge in [0.05, 0.1) is 15.7 Å². The van der Waals surface area contributed by atoms with Crippen molar-refractivity contribution in [1.29, 1.82) is 0 Å². The Balaban J connectivity index is 2.43. The van der Waals surface area contributed by atoms with Gasteiger partial charge in [0.25, 0.3) is 10.0 Å². The summed E-state index contributed by atoms with van der Waals surface area (Å²) in [6.45, 7) is 0. The van der Waals surface area contributed by atoms with Crippen LogP contribution in [-0.2, 0) is 10.0 Å². The monoisotopic (exact) mass is 369 g/mol. The van der Waals surface area contributed by atoms with Crippen LogP contribution in [0.5, 0.6) is 0 Å². The number of hydrogen-bond acceptors (Lipinski definition) is 2. The highest BCUT2D eigenvalue weighted by Crippen LogP contribution is 2.31. The number of benzene rings is 2. The van der Waals surface area contributed by atoms with Gasteiger partial charge in [-0.05, 0) is 30.3 Å². The van der Waals surface area contributed by atoms with Gasteiger partial charge < -0.3 is 0 Å². The smallest absolute Gasteiger partial charge is 0.263 e. The van der Waals surface area contributed by atoms with E-state index >= 15 is 0 Å². The summed E-state index contributed by atoms with van der Waals surface area (Å²) >= 11 is 23.3. The first kappa shape index (κ1) is 15.7. The molecular weight excluding hydrogens is 364 g/mol. The summed E-state index contributed by atoms with van der Waals surface area (Å²) < 4.78 is 26.9. The minimum atomic E-state index is -3.88. The van der Waals surface area contributed by atoms with E-state index in [9.17, 15) is 8.42 Å². The summed E-state index contributed by atoms with van der Waals surface area (Å²) in [5.74, 6) is 0. The molecule has 0 aliphatic rings. The molecule has 0 radical (unpaired) electrons. The molecule has 0 fully saturated rings. The molecule has 0 aliphatic carbocycles. The number of halogens is 4. The quantitative estimate of drug-likeness (QED) is 0.816. The zero-order valence-electron chi connectivity index (χ0n) is 9.70. The third kappa shape index (κ3) is 3.51. The SMILES string of the molecule is O=S(=O)(Nc1cc(Cl)cc(Cl)c1)c1cccc(Cl)c1Cl. The van der Waals surface area contributed by atoms with Gasteiger partial charge in [0.15, 0.2) is 0 Å². The van der Waals surface area contributed by atoms with Crippen molar-refractivity contribution in [2.45, 2.75) is 4.90 Å². The molecule has 2 aromatic rings. The minimum absolute atomic E-state index is 0.0465. The van der Waals surface area contributed by atoms with E-state index in [4.69, 9.17) is 46.4 Å². The van der Waals surface area contributed by atoms with Crippen molar-refractivity contribution >= 4 is 62.1 Å². The summed E-state index contributed by atoms with van der Waals surface area (Å²) in [5.41, 5.74) is 0.235. The Kier molecular flexibility index (Phi) is 4.72. The van der Waals surface area contributed by atoms with Gasteiger partial charge in [-0.1, -0.05) is 52.5 Å². The van der Waals surface area contributed by atoms with Crippen LogP contribution in [0, 0.1) is 0 Å². The molecule has 3 nitrogen and oxygen atoms in total. The molecule has 0 bridgehead atoms. The largest absolute Gasteiger partial charge is 0.279 e. The Hall–Kier alpha value is -0.650. The molecule has 0 amide bonds. The standard InChI is InChI=1S/C12H7Cl4NO2S/c13-7-4-8(14)6-9(5-7)17-20(18,19)11-3-1-2-10(15)12(11)16/h1-6,17H. The van der Waals surface area contributed by atoms with Crippen LogP contribution >= 0.6 is 46.4 Å². The van der Waals surface area contributed by atoms with E-state index in [1.165, 1.54) is 36.4 Å². The second-order valence-corrected chi connectivity index (χ2v) is 7.12. The molecule has 20 heavy (non-hydrogen) atoms. The third-order valence-electron chi connectivity index (χ3n) is 2.32. The van der Waals surface area contributed by atoms with Crippen LogP contribution in [0.15, 0.2) is 41.3 Å². The first-order valence-corrected chi connectivity index (χ1v) is 8.22. The highest BCUT2D eigenvalue weighted by molar-refractivity contribution is 7.92. The molecule has 0 unspecified atom stereocenters. The van der Waals surface area contributed by atoms with Crippen molar-refractivity contribution in [1.82, 2.24) is 0 Å².